The first-order chi connectivity index (χ1) is 28.4. The lowest BCUT2D eigenvalue weighted by atomic mass is 9.77. The minimum absolute atomic E-state index is 0.0438. The summed E-state index contributed by atoms with van der Waals surface area (Å²) in [6.07, 6.45) is 2.41. The number of imidazole rings is 1. The molecule has 0 aliphatic rings. The summed E-state index contributed by atoms with van der Waals surface area (Å²) in [5, 5.41) is 13.8. The van der Waals surface area contributed by atoms with Crippen LogP contribution in [0, 0.1) is 6.92 Å². The summed E-state index contributed by atoms with van der Waals surface area (Å²) in [4.78, 5) is 29.6. The number of hydrogen-bond acceptors (Lipinski definition) is 9. The number of aromatic nitrogens is 6. The van der Waals surface area contributed by atoms with E-state index in [-0.39, 0.29) is 29.0 Å². The molecule has 0 aliphatic heterocycles. The van der Waals surface area contributed by atoms with Crippen LogP contribution in [0.1, 0.15) is 69.9 Å². The summed E-state index contributed by atoms with van der Waals surface area (Å²) >= 11 is 6.60. The second-order valence-electron chi connectivity index (χ2n) is 13.8. The van der Waals surface area contributed by atoms with Crippen LogP contribution in [0.3, 0.4) is 0 Å². The number of unbranched alkanes of at least 4 members (excludes halogenated alkanes) is 1. The molecule has 0 unspecified atom stereocenters. The Hall–Kier alpha value is -6.85. The predicted molar refractivity (Wildman–Crippen MR) is 219 cm³/mol. The van der Waals surface area contributed by atoms with E-state index >= 15 is 0 Å². The molecule has 12 heteroatoms. The van der Waals surface area contributed by atoms with Crippen LogP contribution in [0.5, 0.6) is 0 Å². The molecule has 8 rings (SSSR count). The lowest BCUT2D eigenvalue weighted by molar-refractivity contribution is 0.0430. The highest BCUT2D eigenvalue weighted by Crippen LogP contribution is 2.43. The fourth-order valence-electron chi connectivity index (χ4n) is 7.45. The zero-order chi connectivity index (χ0) is 40.1. The molecule has 290 valence electrons. The highest BCUT2D eigenvalue weighted by Gasteiger charge is 2.42. The molecule has 0 amide bonds. The minimum atomic E-state index is -0.912. The van der Waals surface area contributed by atoms with Gasteiger partial charge in [0, 0.05) is 18.5 Å². The van der Waals surface area contributed by atoms with Gasteiger partial charge in [-0.2, -0.15) is 0 Å². The van der Waals surface area contributed by atoms with Crippen molar-refractivity contribution in [3.63, 3.8) is 0 Å². The van der Waals surface area contributed by atoms with E-state index in [1.807, 2.05) is 102 Å². The Balaban J connectivity index is 1.16. The van der Waals surface area contributed by atoms with Crippen molar-refractivity contribution in [2.45, 2.75) is 51.8 Å². The Morgan fingerprint density at radius 1 is 0.776 bits per heavy atom. The number of nitrogens with zero attached hydrogens (tertiary/aromatic N) is 6. The number of aryl methyl sites for hydroxylation is 2. The highest BCUT2D eigenvalue weighted by atomic mass is 35.5. The molecule has 0 atom stereocenters. The van der Waals surface area contributed by atoms with E-state index in [2.05, 4.69) is 59.6 Å². The average Bonchev–Trinajstić information content (AvgIpc) is 3.97. The third-order valence-corrected chi connectivity index (χ3v) is 10.5. The van der Waals surface area contributed by atoms with E-state index in [9.17, 15) is 9.59 Å². The molecule has 0 bridgehead atoms. The normalized spacial score (nSPS) is 11.5. The van der Waals surface area contributed by atoms with Crippen LogP contribution in [0.25, 0.3) is 22.5 Å². The van der Waals surface area contributed by atoms with Gasteiger partial charge in [-0.3, -0.25) is 0 Å². The average molecular weight is 791 g/mol. The van der Waals surface area contributed by atoms with Crippen molar-refractivity contribution in [1.82, 2.24) is 29.8 Å². The number of esters is 1. The van der Waals surface area contributed by atoms with Gasteiger partial charge in [0.1, 0.15) is 11.4 Å². The Morgan fingerprint density at radius 3 is 1.93 bits per heavy atom. The van der Waals surface area contributed by atoms with Crippen molar-refractivity contribution in [2.24, 2.45) is 0 Å². The van der Waals surface area contributed by atoms with Gasteiger partial charge < -0.3 is 18.1 Å². The number of ether oxygens (including phenoxy) is 1. The van der Waals surface area contributed by atoms with Crippen molar-refractivity contribution in [2.75, 3.05) is 0 Å². The summed E-state index contributed by atoms with van der Waals surface area (Å²) in [6, 6.07) is 47.2. The predicted octanol–water partition coefficient (Wildman–Crippen LogP) is 9.30. The number of carbonyl (C=O) groups excluding carboxylic acids is 1. The number of carbonyl (C=O) groups is 1. The molecule has 3 aromatic heterocycles. The van der Waals surface area contributed by atoms with Crippen molar-refractivity contribution >= 4 is 17.6 Å². The minimum Gasteiger partial charge on any atom is -0.453 e. The smallest absolute Gasteiger partial charge is 0.453 e. The van der Waals surface area contributed by atoms with Gasteiger partial charge in [0.25, 0.3) is 0 Å². The zero-order valence-electron chi connectivity index (χ0n) is 31.9. The molecule has 0 radical (unpaired) electrons. The first kappa shape index (κ1) is 38.0. The van der Waals surface area contributed by atoms with Crippen LogP contribution in [-0.4, -0.2) is 35.7 Å². The Kier molecular flexibility index (Phi) is 11.0. The van der Waals surface area contributed by atoms with E-state index in [4.69, 9.17) is 35.5 Å². The summed E-state index contributed by atoms with van der Waals surface area (Å²) in [7, 11) is 0. The van der Waals surface area contributed by atoms with Crippen LogP contribution in [-0.2, 0) is 29.8 Å². The van der Waals surface area contributed by atoms with Crippen LogP contribution in [0.2, 0.25) is 5.15 Å². The van der Waals surface area contributed by atoms with Crippen LogP contribution >= 0.6 is 11.6 Å². The Morgan fingerprint density at radius 2 is 1.36 bits per heavy atom. The monoisotopic (exact) mass is 790 g/mol. The highest BCUT2D eigenvalue weighted by molar-refractivity contribution is 6.32. The van der Waals surface area contributed by atoms with E-state index in [1.54, 1.807) is 11.5 Å². The first-order valence-electron chi connectivity index (χ1n) is 19.0. The molecule has 0 saturated carbocycles. The third kappa shape index (κ3) is 7.28. The molecule has 0 fully saturated rings. The largest absolute Gasteiger partial charge is 0.519 e. The molecule has 8 aromatic rings. The number of hydrogen-bond donors (Lipinski definition) is 0. The number of rotatable bonds is 14. The fourth-order valence-corrected chi connectivity index (χ4v) is 7.73. The van der Waals surface area contributed by atoms with Crippen LogP contribution in [0.4, 0.5) is 0 Å². The van der Waals surface area contributed by atoms with E-state index in [0.29, 0.717) is 24.6 Å². The summed E-state index contributed by atoms with van der Waals surface area (Å²) in [5.41, 5.74) is 5.88. The maximum Gasteiger partial charge on any atom is 0.519 e. The van der Waals surface area contributed by atoms with Crippen molar-refractivity contribution < 1.29 is 18.4 Å². The molecule has 0 aliphatic carbocycles. The van der Waals surface area contributed by atoms with Gasteiger partial charge >= 0.3 is 11.8 Å². The summed E-state index contributed by atoms with van der Waals surface area (Å²) < 4.78 is 19.2. The van der Waals surface area contributed by atoms with Gasteiger partial charge in [-0.1, -0.05) is 164 Å². The number of benzene rings is 5. The quantitative estimate of drug-likeness (QED) is 0.0781. The number of halogens is 1. The van der Waals surface area contributed by atoms with Crippen LogP contribution in [0.15, 0.2) is 153 Å². The van der Waals surface area contributed by atoms with Crippen molar-refractivity contribution in [3.05, 3.63) is 201 Å². The maximum absolute atomic E-state index is 13.5. The number of tetrazole rings is 1. The van der Waals surface area contributed by atoms with E-state index in [0.717, 1.165) is 51.8 Å². The van der Waals surface area contributed by atoms with Crippen molar-refractivity contribution in [3.8, 4) is 22.5 Å². The van der Waals surface area contributed by atoms with E-state index in [1.165, 1.54) is 0 Å². The molecular weight excluding hydrogens is 752 g/mol. The van der Waals surface area contributed by atoms with Gasteiger partial charge in [0.2, 0.25) is 0 Å². The lowest BCUT2D eigenvalue weighted by Crippen LogP contribution is -2.39. The topological polar surface area (TPSA) is 131 Å². The standard InChI is InChI=1S/C46H39ClN6O5/c1-3-4-24-40-48-42(47)41(44(54)56-30-39-31(2)57-45(55)58-39)52(40)29-32-25-27-33(28-26-32)37-22-14-15-23-38(37)43-49-50-51-53(43)46(34-16-8-5-9-17-34,35-18-10-6-11-19-35)36-20-12-7-13-21-36/h5-23,25-28H,3-4,24,29-30H2,1-2H3. The van der Waals surface area contributed by atoms with Crippen molar-refractivity contribution in [1.29, 1.82) is 0 Å². The second kappa shape index (κ2) is 16.7. The first-order valence-corrected chi connectivity index (χ1v) is 19.4. The fraction of sp³-hybridized carbons (Fsp3) is 0.174. The SMILES string of the molecule is CCCCc1nc(Cl)c(C(=O)OCc2oc(=O)oc2C)n1Cc1ccc(-c2ccccc2-c2nnnn2C(c2ccccc2)(c2ccccc2)c2ccccc2)cc1. The molecule has 0 spiro atoms. The molecule has 5 aromatic carbocycles. The van der Waals surface area contributed by atoms with Gasteiger partial charge in [0.15, 0.2) is 34.8 Å². The molecule has 0 N–H and O–H groups in total. The molecular formula is C46H39ClN6O5. The Labute approximate surface area is 339 Å². The second-order valence-corrected chi connectivity index (χ2v) is 14.2. The molecule has 0 saturated heterocycles. The Bertz CT molecular complexity index is 2610. The molecule has 58 heavy (non-hydrogen) atoms. The molecule has 3 heterocycles. The lowest BCUT2D eigenvalue weighted by Gasteiger charge is -2.36. The van der Waals surface area contributed by atoms with E-state index < -0.39 is 17.3 Å². The summed E-state index contributed by atoms with van der Waals surface area (Å²) in [5.74, 6) is 0.0782. The van der Waals surface area contributed by atoms with Gasteiger partial charge in [-0.15, -0.1) is 5.10 Å². The third-order valence-electron chi connectivity index (χ3n) is 10.3. The van der Waals surface area contributed by atoms with Gasteiger partial charge in [-0.05, 0) is 57.2 Å². The zero-order valence-corrected chi connectivity index (χ0v) is 32.7. The van der Waals surface area contributed by atoms with Gasteiger partial charge in [-0.25, -0.2) is 19.3 Å². The summed E-state index contributed by atoms with van der Waals surface area (Å²) in [6.45, 7) is 3.68. The van der Waals surface area contributed by atoms with Gasteiger partial charge in [0.05, 0.1) is 0 Å². The van der Waals surface area contributed by atoms with Crippen LogP contribution < -0.4 is 5.82 Å². The molecule has 11 nitrogen and oxygen atoms in total. The maximum atomic E-state index is 13.5.